The number of ether oxygens (including phenoxy) is 2. The molecular formula is C35H32FN3O7S. The Labute approximate surface area is 271 Å². The van der Waals surface area contributed by atoms with Crippen molar-refractivity contribution in [1.29, 1.82) is 0 Å². The van der Waals surface area contributed by atoms with Gasteiger partial charge in [-0.3, -0.25) is 14.4 Å². The summed E-state index contributed by atoms with van der Waals surface area (Å²) in [6.07, 6.45) is -0.977. The first-order chi connectivity index (χ1) is 22.6. The molecule has 242 valence electrons. The minimum atomic E-state index is -3.68. The first kappa shape index (κ1) is 31.7. The standard InChI is InChI=1S/C35H32FN3O7S/c36-30-14-11-25-18-29(30)35(42)38-31-20-39(34(41)15-16-47(43,44)28-7-2-1-3-8-28)21-32(31)46-26-12-9-23(10-13-26)19-37-33(40)22-45-27-6-4-5-24(25)17-27/h1-14,17-18,31-32H,15-16,19-22H2,(H,37,40)(H,38,42)/t31-,32-/m0/s1. The fourth-order valence-corrected chi connectivity index (χ4v) is 6.76. The number of carbonyl (C=O) groups is 3. The van der Waals surface area contributed by atoms with Gasteiger partial charge in [0.15, 0.2) is 16.4 Å². The molecular weight excluding hydrogens is 625 g/mol. The number of nitrogens with zero attached hydrogens (tertiary/aromatic N) is 1. The minimum absolute atomic E-state index is 0.0332. The molecule has 0 aromatic heterocycles. The third-order valence-electron chi connectivity index (χ3n) is 8.07. The fraction of sp³-hybridized carbons (Fsp3) is 0.229. The Bertz CT molecular complexity index is 1900. The Morgan fingerprint density at radius 2 is 1.64 bits per heavy atom. The number of hydrogen-bond donors (Lipinski definition) is 2. The summed E-state index contributed by atoms with van der Waals surface area (Å²) >= 11 is 0. The number of rotatable bonds is 4. The van der Waals surface area contributed by atoms with E-state index in [1.165, 1.54) is 29.2 Å². The largest absolute Gasteiger partial charge is 0.486 e. The summed E-state index contributed by atoms with van der Waals surface area (Å²) in [4.78, 5) is 40.8. The summed E-state index contributed by atoms with van der Waals surface area (Å²) in [5.74, 6) is -1.66. The second-order valence-electron chi connectivity index (χ2n) is 11.3. The number of halogens is 1. The summed E-state index contributed by atoms with van der Waals surface area (Å²) < 4.78 is 52.6. The molecule has 0 radical (unpaired) electrons. The highest BCUT2D eigenvalue weighted by Gasteiger charge is 2.38. The summed E-state index contributed by atoms with van der Waals surface area (Å²) in [5.41, 5.74) is 1.81. The Hall–Kier alpha value is -5.23. The smallest absolute Gasteiger partial charge is 0.258 e. The number of likely N-dealkylation sites (tertiary alicyclic amines) is 1. The third kappa shape index (κ3) is 7.60. The van der Waals surface area contributed by atoms with Gasteiger partial charge in [-0.05, 0) is 65.2 Å². The molecule has 0 unspecified atom stereocenters. The van der Waals surface area contributed by atoms with Gasteiger partial charge in [-0.25, -0.2) is 12.8 Å². The van der Waals surface area contributed by atoms with Crippen molar-refractivity contribution in [2.45, 2.75) is 30.0 Å². The number of hydrogen-bond acceptors (Lipinski definition) is 7. The lowest BCUT2D eigenvalue weighted by Crippen LogP contribution is -2.45. The molecule has 3 aliphatic rings. The van der Waals surface area contributed by atoms with Crippen molar-refractivity contribution >= 4 is 27.6 Å². The molecule has 0 saturated carbocycles. The van der Waals surface area contributed by atoms with Gasteiger partial charge in [0, 0.05) is 19.5 Å². The molecule has 1 saturated heterocycles. The molecule has 3 heterocycles. The number of carbonyl (C=O) groups excluding carboxylic acids is 3. The zero-order valence-corrected chi connectivity index (χ0v) is 26.0. The SMILES string of the molecule is O=C1COc2cccc(c2)-c2ccc(F)c(c2)C(=O)N[C@H]2CN(C(=O)CCS(=O)(=O)c3ccccc3)C[C@@H]2Oc2ccc(cc2)CN1. The van der Waals surface area contributed by atoms with Crippen molar-refractivity contribution < 1.29 is 36.7 Å². The van der Waals surface area contributed by atoms with E-state index >= 15 is 4.39 Å². The monoisotopic (exact) mass is 657 g/mol. The molecule has 0 spiro atoms. The average Bonchev–Trinajstić information content (AvgIpc) is 3.48. The first-order valence-corrected chi connectivity index (χ1v) is 16.7. The Morgan fingerprint density at radius 3 is 2.43 bits per heavy atom. The quantitative estimate of drug-likeness (QED) is 0.342. The van der Waals surface area contributed by atoms with Crippen LogP contribution in [-0.2, 0) is 26.0 Å². The molecule has 1 fully saturated rings. The summed E-state index contributed by atoms with van der Waals surface area (Å²) in [7, 11) is -3.68. The highest BCUT2D eigenvalue weighted by atomic mass is 32.2. The maximum absolute atomic E-state index is 15.1. The van der Waals surface area contributed by atoms with E-state index in [0.29, 0.717) is 22.6 Å². The topological polar surface area (TPSA) is 131 Å². The number of sulfone groups is 1. The molecule has 10 nitrogen and oxygen atoms in total. The third-order valence-corrected chi connectivity index (χ3v) is 9.80. The van der Waals surface area contributed by atoms with Crippen LogP contribution >= 0.6 is 0 Å². The summed E-state index contributed by atoms with van der Waals surface area (Å²) in [6.45, 7) is 0.156. The van der Waals surface area contributed by atoms with Crippen LogP contribution in [0, 0.1) is 5.82 Å². The van der Waals surface area contributed by atoms with E-state index in [9.17, 15) is 22.8 Å². The van der Waals surface area contributed by atoms with Crippen LogP contribution in [0.5, 0.6) is 11.5 Å². The fourth-order valence-electron chi connectivity index (χ4n) is 5.51. The van der Waals surface area contributed by atoms with E-state index in [-0.39, 0.29) is 54.8 Å². The molecule has 3 amide bonds. The van der Waals surface area contributed by atoms with Crippen molar-refractivity contribution in [2.24, 2.45) is 0 Å². The number of benzene rings is 4. The second-order valence-corrected chi connectivity index (χ2v) is 13.5. The average molecular weight is 658 g/mol. The van der Waals surface area contributed by atoms with Crippen LogP contribution in [0.15, 0.2) is 102 Å². The van der Waals surface area contributed by atoms with Crippen molar-refractivity contribution in [3.05, 3.63) is 114 Å². The lowest BCUT2D eigenvalue weighted by molar-refractivity contribution is -0.130. The van der Waals surface area contributed by atoms with Gasteiger partial charge in [-0.2, -0.15) is 0 Å². The van der Waals surface area contributed by atoms with E-state index in [2.05, 4.69) is 10.6 Å². The van der Waals surface area contributed by atoms with Crippen molar-refractivity contribution in [3.63, 3.8) is 0 Å². The maximum Gasteiger partial charge on any atom is 0.258 e. The maximum atomic E-state index is 15.1. The summed E-state index contributed by atoms with van der Waals surface area (Å²) in [6, 6.07) is 25.2. The van der Waals surface area contributed by atoms with Crippen LogP contribution in [0.2, 0.25) is 0 Å². The Morgan fingerprint density at radius 1 is 0.872 bits per heavy atom. The van der Waals surface area contributed by atoms with Gasteiger partial charge < -0.3 is 25.0 Å². The molecule has 4 aromatic rings. The molecule has 47 heavy (non-hydrogen) atoms. The normalized spacial score (nSPS) is 18.3. The number of nitrogens with one attached hydrogen (secondary N) is 2. The van der Waals surface area contributed by atoms with Gasteiger partial charge in [0.2, 0.25) is 5.91 Å². The number of amides is 3. The highest BCUT2D eigenvalue weighted by Crippen LogP contribution is 2.27. The van der Waals surface area contributed by atoms with E-state index in [0.717, 1.165) is 5.56 Å². The van der Waals surface area contributed by atoms with Crippen LogP contribution < -0.4 is 20.1 Å². The van der Waals surface area contributed by atoms with Crippen molar-refractivity contribution in [1.82, 2.24) is 15.5 Å². The van der Waals surface area contributed by atoms with Gasteiger partial charge in [0.05, 0.1) is 28.8 Å². The van der Waals surface area contributed by atoms with Gasteiger partial charge in [-0.1, -0.05) is 48.5 Å². The molecule has 2 atom stereocenters. The highest BCUT2D eigenvalue weighted by molar-refractivity contribution is 7.91. The zero-order valence-electron chi connectivity index (χ0n) is 25.2. The van der Waals surface area contributed by atoms with Crippen LogP contribution in [0.3, 0.4) is 0 Å². The van der Waals surface area contributed by atoms with Crippen LogP contribution in [-0.4, -0.2) is 68.6 Å². The zero-order chi connectivity index (χ0) is 33.0. The Balaban J connectivity index is 1.26. The van der Waals surface area contributed by atoms with Crippen molar-refractivity contribution in [3.8, 4) is 22.6 Å². The molecule has 3 aliphatic heterocycles. The predicted molar refractivity (Wildman–Crippen MR) is 171 cm³/mol. The molecule has 4 aromatic carbocycles. The van der Waals surface area contributed by atoms with E-state index in [1.807, 2.05) is 0 Å². The predicted octanol–water partition coefficient (Wildman–Crippen LogP) is 3.75. The van der Waals surface area contributed by atoms with Crippen LogP contribution in [0.25, 0.3) is 11.1 Å². The van der Waals surface area contributed by atoms with E-state index in [4.69, 9.17) is 9.47 Å². The first-order valence-electron chi connectivity index (χ1n) is 15.1. The molecule has 0 aliphatic carbocycles. The van der Waals surface area contributed by atoms with Crippen molar-refractivity contribution in [2.75, 3.05) is 25.4 Å². The van der Waals surface area contributed by atoms with Gasteiger partial charge in [0.1, 0.15) is 23.4 Å². The lowest BCUT2D eigenvalue weighted by atomic mass is 10.0. The molecule has 2 N–H and O–H groups in total. The van der Waals surface area contributed by atoms with E-state index < -0.39 is 39.6 Å². The van der Waals surface area contributed by atoms with Crippen LogP contribution in [0.4, 0.5) is 4.39 Å². The van der Waals surface area contributed by atoms with Gasteiger partial charge in [-0.15, -0.1) is 0 Å². The molecule has 7 rings (SSSR count). The lowest BCUT2D eigenvalue weighted by Gasteiger charge is -2.21. The second kappa shape index (κ2) is 13.6. The minimum Gasteiger partial charge on any atom is -0.486 e. The molecule has 12 heteroatoms. The van der Waals surface area contributed by atoms with E-state index in [1.54, 1.807) is 72.8 Å². The summed E-state index contributed by atoms with van der Waals surface area (Å²) in [5, 5.41) is 5.66. The Kier molecular flexibility index (Phi) is 9.21. The molecule has 6 bridgehead atoms. The number of fused-ring (bicyclic) bond motifs is 7. The van der Waals surface area contributed by atoms with Gasteiger partial charge in [0.25, 0.3) is 11.8 Å². The van der Waals surface area contributed by atoms with Gasteiger partial charge >= 0.3 is 0 Å². The van der Waals surface area contributed by atoms with Crippen LogP contribution in [0.1, 0.15) is 22.3 Å².